The first kappa shape index (κ1) is 34.5. The van der Waals surface area contributed by atoms with Crippen LogP contribution in [0.5, 0.6) is 0 Å². The third kappa shape index (κ3) is 11.6. The number of benzene rings is 1. The van der Waals surface area contributed by atoms with Gasteiger partial charge in [0.15, 0.2) is 0 Å². The molecule has 222 valence electrons. The van der Waals surface area contributed by atoms with E-state index in [-0.39, 0.29) is 23.8 Å². The lowest BCUT2D eigenvalue weighted by atomic mass is 9.93. The van der Waals surface area contributed by atoms with Crippen molar-refractivity contribution in [3.05, 3.63) is 34.9 Å². The summed E-state index contributed by atoms with van der Waals surface area (Å²) in [5, 5.41) is 5.98. The molecule has 2 N–H and O–H groups in total. The number of hydrogen-bond donors (Lipinski definition) is 2. The molecule has 0 aromatic heterocycles. The van der Waals surface area contributed by atoms with Crippen LogP contribution in [-0.4, -0.2) is 47.0 Å². The Morgan fingerprint density at radius 2 is 1.56 bits per heavy atom. The largest absolute Gasteiger partial charge is 0.444 e. The highest BCUT2D eigenvalue weighted by Crippen LogP contribution is 2.29. The van der Waals surface area contributed by atoms with E-state index in [4.69, 9.17) is 4.74 Å². The summed E-state index contributed by atoms with van der Waals surface area (Å²) in [4.78, 5) is 42.7. The third-order valence-corrected chi connectivity index (χ3v) is 7.00. The van der Waals surface area contributed by atoms with Crippen molar-refractivity contribution in [3.8, 4) is 0 Å². The predicted octanol–water partition coefficient (Wildman–Crippen LogP) is 7.00. The molecule has 0 fully saturated rings. The van der Waals surface area contributed by atoms with Gasteiger partial charge in [-0.1, -0.05) is 78.0 Å². The Morgan fingerprint density at radius 3 is 2.13 bits per heavy atom. The summed E-state index contributed by atoms with van der Waals surface area (Å²) >= 11 is 0. The van der Waals surface area contributed by atoms with Gasteiger partial charge in [-0.25, -0.2) is 4.79 Å². The number of rotatable bonds is 15. The lowest BCUT2D eigenvalue weighted by Gasteiger charge is -2.37. The average molecular weight is 546 g/mol. The van der Waals surface area contributed by atoms with Crippen molar-refractivity contribution in [2.24, 2.45) is 5.92 Å². The highest BCUT2D eigenvalue weighted by atomic mass is 16.6. The Hall–Kier alpha value is -2.57. The Bertz CT molecular complexity index is 922. The van der Waals surface area contributed by atoms with Crippen LogP contribution in [0.2, 0.25) is 0 Å². The molecular weight excluding hydrogens is 490 g/mol. The zero-order chi connectivity index (χ0) is 29.8. The first-order valence-electron chi connectivity index (χ1n) is 14.9. The van der Waals surface area contributed by atoms with Crippen LogP contribution in [0.1, 0.15) is 123 Å². The summed E-state index contributed by atoms with van der Waals surface area (Å²) in [6, 6.07) is 4.26. The third-order valence-electron chi connectivity index (χ3n) is 7.00. The predicted molar refractivity (Wildman–Crippen MR) is 160 cm³/mol. The molecule has 1 aromatic carbocycles. The molecule has 0 saturated heterocycles. The van der Waals surface area contributed by atoms with Crippen LogP contribution in [0, 0.1) is 19.8 Å². The van der Waals surface area contributed by atoms with Crippen molar-refractivity contribution < 1.29 is 19.1 Å². The van der Waals surface area contributed by atoms with Crippen LogP contribution in [0.3, 0.4) is 0 Å². The molecule has 0 heterocycles. The molecule has 1 rings (SSSR count). The molecule has 0 aliphatic carbocycles. The Labute approximate surface area is 237 Å². The minimum absolute atomic E-state index is 0.0163. The van der Waals surface area contributed by atoms with Crippen LogP contribution in [-0.2, 0) is 14.3 Å². The number of nitrogens with one attached hydrogen (secondary N) is 2. The van der Waals surface area contributed by atoms with Gasteiger partial charge >= 0.3 is 6.09 Å². The van der Waals surface area contributed by atoms with Gasteiger partial charge in [-0.3, -0.25) is 9.59 Å². The van der Waals surface area contributed by atoms with Crippen LogP contribution >= 0.6 is 0 Å². The highest BCUT2D eigenvalue weighted by Gasteiger charge is 2.38. The van der Waals surface area contributed by atoms with Crippen LogP contribution < -0.4 is 10.6 Å². The van der Waals surface area contributed by atoms with E-state index in [9.17, 15) is 14.4 Å². The number of ether oxygens (including phenoxy) is 1. The molecule has 39 heavy (non-hydrogen) atoms. The maximum Gasteiger partial charge on any atom is 0.408 e. The average Bonchev–Trinajstić information content (AvgIpc) is 2.82. The smallest absolute Gasteiger partial charge is 0.408 e. The summed E-state index contributed by atoms with van der Waals surface area (Å²) in [5.74, 6) is -0.657. The highest BCUT2D eigenvalue weighted by molar-refractivity contribution is 5.92. The molecule has 0 aliphatic heterocycles. The van der Waals surface area contributed by atoms with Gasteiger partial charge in [0.25, 0.3) is 0 Å². The lowest BCUT2D eigenvalue weighted by Crippen LogP contribution is -2.55. The molecule has 0 saturated carbocycles. The standard InChI is InChI=1S/C32H55N3O4/c1-11-13-14-15-16-21-35(30(37)27(22(3)4)34-31(38)39-32(8,9)10)28(29(36)33-24(6)18-12-2)26-20-17-19-23(5)25(26)7/h17,19-20,22,24,27-28H,11-16,18,21H2,1-10H3,(H,33,36)(H,34,38). The molecule has 3 amide bonds. The fourth-order valence-electron chi connectivity index (χ4n) is 4.73. The number of carbonyl (C=O) groups is 3. The van der Waals surface area contributed by atoms with Gasteiger partial charge in [0.2, 0.25) is 11.8 Å². The first-order valence-corrected chi connectivity index (χ1v) is 14.9. The van der Waals surface area contributed by atoms with Crippen molar-refractivity contribution >= 4 is 17.9 Å². The number of unbranched alkanes of at least 4 members (excludes halogenated alkanes) is 4. The van der Waals surface area contributed by atoms with Gasteiger partial charge in [-0.2, -0.15) is 0 Å². The molecular formula is C32H55N3O4. The zero-order valence-corrected chi connectivity index (χ0v) is 26.3. The van der Waals surface area contributed by atoms with E-state index in [1.807, 2.05) is 52.8 Å². The molecule has 0 spiro atoms. The molecule has 3 unspecified atom stereocenters. The van der Waals surface area contributed by atoms with Gasteiger partial charge < -0.3 is 20.3 Å². The van der Waals surface area contributed by atoms with E-state index >= 15 is 0 Å². The second kappa shape index (κ2) is 16.5. The molecule has 0 bridgehead atoms. The van der Waals surface area contributed by atoms with Crippen molar-refractivity contribution in [2.45, 2.75) is 138 Å². The van der Waals surface area contributed by atoms with Crippen LogP contribution in [0.4, 0.5) is 4.79 Å². The number of carbonyl (C=O) groups excluding carboxylic acids is 3. The number of hydrogen-bond acceptors (Lipinski definition) is 4. The summed E-state index contributed by atoms with van der Waals surface area (Å²) in [6.07, 6.45) is 6.26. The summed E-state index contributed by atoms with van der Waals surface area (Å²) < 4.78 is 5.48. The minimum Gasteiger partial charge on any atom is -0.444 e. The molecule has 7 heteroatoms. The van der Waals surface area contributed by atoms with E-state index in [0.29, 0.717) is 6.54 Å². The topological polar surface area (TPSA) is 87.7 Å². The minimum atomic E-state index is -0.830. The monoisotopic (exact) mass is 545 g/mol. The number of alkyl carbamates (subject to hydrolysis) is 1. The normalized spacial score (nSPS) is 13.9. The first-order chi connectivity index (χ1) is 18.2. The van der Waals surface area contributed by atoms with Crippen LogP contribution in [0.25, 0.3) is 0 Å². The Morgan fingerprint density at radius 1 is 0.923 bits per heavy atom. The van der Waals surface area contributed by atoms with E-state index in [2.05, 4.69) is 24.5 Å². The molecule has 1 aromatic rings. The molecule has 7 nitrogen and oxygen atoms in total. The second-order valence-electron chi connectivity index (χ2n) is 12.2. The van der Waals surface area contributed by atoms with Gasteiger partial charge in [0, 0.05) is 12.6 Å². The number of aryl methyl sites for hydroxylation is 1. The summed E-state index contributed by atoms with van der Waals surface area (Å²) in [6.45, 7) is 19.9. The maximum atomic E-state index is 14.3. The summed E-state index contributed by atoms with van der Waals surface area (Å²) in [5.41, 5.74) is 2.18. The number of amides is 3. The SMILES string of the molecule is CCCCCCCN(C(=O)C(NC(=O)OC(C)(C)C)C(C)C)C(C(=O)NC(C)CCC)c1cccc(C)c1C. The lowest BCUT2D eigenvalue weighted by molar-refractivity contribution is -0.143. The molecule has 3 atom stereocenters. The Balaban J connectivity index is 3.55. The van der Waals surface area contributed by atoms with Gasteiger partial charge in [0.1, 0.15) is 17.7 Å². The van der Waals surface area contributed by atoms with E-state index in [1.165, 1.54) is 0 Å². The van der Waals surface area contributed by atoms with Gasteiger partial charge in [-0.15, -0.1) is 0 Å². The van der Waals surface area contributed by atoms with Gasteiger partial charge in [0.05, 0.1) is 0 Å². The van der Waals surface area contributed by atoms with E-state index in [1.54, 1.807) is 25.7 Å². The molecule has 0 radical (unpaired) electrons. The van der Waals surface area contributed by atoms with Crippen LogP contribution in [0.15, 0.2) is 18.2 Å². The van der Waals surface area contributed by atoms with Crippen molar-refractivity contribution in [2.75, 3.05) is 6.54 Å². The van der Waals surface area contributed by atoms with Crippen molar-refractivity contribution in [1.29, 1.82) is 0 Å². The number of nitrogens with zero attached hydrogens (tertiary/aromatic N) is 1. The van der Waals surface area contributed by atoms with Gasteiger partial charge in [-0.05, 0) is 77.0 Å². The molecule has 0 aliphatic rings. The van der Waals surface area contributed by atoms with E-state index in [0.717, 1.165) is 61.6 Å². The summed E-state index contributed by atoms with van der Waals surface area (Å²) in [7, 11) is 0. The maximum absolute atomic E-state index is 14.3. The van der Waals surface area contributed by atoms with Crippen molar-refractivity contribution in [1.82, 2.24) is 15.5 Å². The van der Waals surface area contributed by atoms with E-state index < -0.39 is 23.8 Å². The van der Waals surface area contributed by atoms with Crippen molar-refractivity contribution in [3.63, 3.8) is 0 Å². The zero-order valence-electron chi connectivity index (χ0n) is 26.3. The second-order valence-corrected chi connectivity index (χ2v) is 12.2. The fraction of sp³-hybridized carbons (Fsp3) is 0.719. The fourth-order valence-corrected chi connectivity index (χ4v) is 4.73. The Kier molecular flexibility index (Phi) is 14.6. The quantitative estimate of drug-likeness (QED) is 0.232.